The van der Waals surface area contributed by atoms with E-state index in [0.717, 1.165) is 5.69 Å². The van der Waals surface area contributed by atoms with E-state index in [2.05, 4.69) is 25.8 Å². The molecule has 1 amide bonds. The van der Waals surface area contributed by atoms with Gasteiger partial charge in [0.2, 0.25) is 0 Å². The zero-order valence-electron chi connectivity index (χ0n) is 15.9. The molecule has 0 aliphatic carbocycles. The summed E-state index contributed by atoms with van der Waals surface area (Å²) < 4.78 is 4.70. The first-order valence-corrected chi connectivity index (χ1v) is 8.68. The van der Waals surface area contributed by atoms with E-state index in [1.54, 1.807) is 11.1 Å². The second-order valence-corrected chi connectivity index (χ2v) is 7.20. The van der Waals surface area contributed by atoms with Gasteiger partial charge in [0.05, 0.1) is 25.8 Å². The summed E-state index contributed by atoms with van der Waals surface area (Å²) in [4.78, 5) is 30.4. The summed E-state index contributed by atoms with van der Waals surface area (Å²) in [6.45, 7) is 7.02. The lowest BCUT2D eigenvalue weighted by Crippen LogP contribution is -2.33. The van der Waals surface area contributed by atoms with Crippen molar-refractivity contribution < 1.29 is 14.3 Å². The highest BCUT2D eigenvalue weighted by molar-refractivity contribution is 5.94. The van der Waals surface area contributed by atoms with Gasteiger partial charge in [-0.25, -0.2) is 0 Å². The molecule has 0 aliphatic heterocycles. The fraction of sp³-hybridized carbons (Fsp3) is 0.381. The first-order valence-electron chi connectivity index (χ1n) is 8.68. The zero-order valence-corrected chi connectivity index (χ0v) is 15.9. The van der Waals surface area contributed by atoms with Crippen molar-refractivity contribution in [3.8, 4) is 0 Å². The topological polar surface area (TPSA) is 59.5 Å². The molecule has 138 valence electrons. The molecule has 0 spiro atoms. The van der Waals surface area contributed by atoms with Crippen LogP contribution in [0.4, 0.5) is 0 Å². The Balaban J connectivity index is 2.19. The average molecular weight is 354 g/mol. The van der Waals surface area contributed by atoms with Crippen LogP contribution in [-0.2, 0) is 21.5 Å². The number of benzene rings is 1. The van der Waals surface area contributed by atoms with Gasteiger partial charge < -0.3 is 9.64 Å². The van der Waals surface area contributed by atoms with Crippen LogP contribution in [0.5, 0.6) is 0 Å². The molecule has 1 aromatic heterocycles. The number of methoxy groups -OCH3 is 1. The molecule has 0 N–H and O–H groups in total. The molecule has 1 aromatic carbocycles. The molecule has 0 radical (unpaired) electrons. The average Bonchev–Trinajstić information content (AvgIpc) is 2.64. The van der Waals surface area contributed by atoms with Crippen molar-refractivity contribution in [2.24, 2.45) is 0 Å². The van der Waals surface area contributed by atoms with E-state index in [4.69, 9.17) is 4.74 Å². The maximum Gasteiger partial charge on any atom is 0.307 e. The molecular formula is C21H26N2O3. The molecule has 2 aromatic rings. The fourth-order valence-electron chi connectivity index (χ4n) is 2.56. The summed E-state index contributed by atoms with van der Waals surface area (Å²) >= 11 is 0. The van der Waals surface area contributed by atoms with Gasteiger partial charge in [0, 0.05) is 18.3 Å². The number of pyridine rings is 1. The molecule has 0 saturated heterocycles. The van der Waals surface area contributed by atoms with Crippen LogP contribution in [-0.4, -0.2) is 35.4 Å². The second kappa shape index (κ2) is 8.61. The second-order valence-electron chi connectivity index (χ2n) is 7.20. The zero-order chi connectivity index (χ0) is 19.2. The highest BCUT2D eigenvalue weighted by atomic mass is 16.5. The molecule has 0 saturated carbocycles. The molecule has 0 unspecified atom stereocenters. The van der Waals surface area contributed by atoms with E-state index in [-0.39, 0.29) is 30.3 Å². The van der Waals surface area contributed by atoms with E-state index in [9.17, 15) is 9.59 Å². The molecule has 5 nitrogen and oxygen atoms in total. The lowest BCUT2D eigenvalue weighted by atomic mass is 9.86. The molecule has 0 fully saturated rings. The maximum absolute atomic E-state index is 13.0. The number of carbonyl (C=O) groups is 2. The molecule has 0 bridgehead atoms. The Kier molecular flexibility index (Phi) is 6.50. The van der Waals surface area contributed by atoms with Crippen molar-refractivity contribution in [3.05, 3.63) is 65.5 Å². The minimum absolute atomic E-state index is 0.0279. The first-order chi connectivity index (χ1) is 12.3. The lowest BCUT2D eigenvalue weighted by molar-refractivity contribution is -0.140. The number of ether oxygens (including phenoxy) is 1. The quantitative estimate of drug-likeness (QED) is 0.744. The Hall–Kier alpha value is -2.69. The minimum Gasteiger partial charge on any atom is -0.469 e. The van der Waals surface area contributed by atoms with E-state index < -0.39 is 0 Å². The van der Waals surface area contributed by atoms with Gasteiger partial charge >= 0.3 is 5.97 Å². The van der Waals surface area contributed by atoms with Crippen molar-refractivity contribution in [2.45, 2.75) is 39.2 Å². The van der Waals surface area contributed by atoms with E-state index in [0.29, 0.717) is 12.1 Å². The number of nitrogens with zero attached hydrogens (tertiary/aromatic N) is 2. The summed E-state index contributed by atoms with van der Waals surface area (Å²) in [5, 5.41) is 0. The van der Waals surface area contributed by atoms with Crippen molar-refractivity contribution in [2.75, 3.05) is 13.7 Å². The van der Waals surface area contributed by atoms with E-state index in [1.807, 2.05) is 42.5 Å². The van der Waals surface area contributed by atoms with Gasteiger partial charge in [-0.05, 0) is 35.2 Å². The molecule has 5 heteroatoms. The van der Waals surface area contributed by atoms with Crippen molar-refractivity contribution in [3.63, 3.8) is 0 Å². The number of hydrogen-bond donors (Lipinski definition) is 0. The number of amides is 1. The van der Waals surface area contributed by atoms with Crippen molar-refractivity contribution in [1.29, 1.82) is 0 Å². The Labute approximate surface area is 155 Å². The molecule has 2 rings (SSSR count). The van der Waals surface area contributed by atoms with Gasteiger partial charge in [-0.1, -0.05) is 39.0 Å². The third-order valence-electron chi connectivity index (χ3n) is 4.18. The van der Waals surface area contributed by atoms with Gasteiger partial charge in [-0.3, -0.25) is 14.6 Å². The van der Waals surface area contributed by atoms with Crippen LogP contribution in [0.25, 0.3) is 0 Å². The van der Waals surface area contributed by atoms with Crippen LogP contribution >= 0.6 is 0 Å². The molecular weight excluding hydrogens is 328 g/mol. The smallest absolute Gasteiger partial charge is 0.307 e. The Morgan fingerprint density at radius 3 is 2.31 bits per heavy atom. The van der Waals surface area contributed by atoms with E-state index >= 15 is 0 Å². The van der Waals surface area contributed by atoms with Crippen LogP contribution in [0.2, 0.25) is 0 Å². The van der Waals surface area contributed by atoms with Gasteiger partial charge in [-0.15, -0.1) is 0 Å². The standard InChI is InChI=1S/C21H26N2O3/c1-21(2,3)17-10-8-16(9-11-17)20(25)23(14-12-19(24)26-4)15-18-7-5-6-13-22-18/h5-11,13H,12,14-15H2,1-4H3. The predicted octanol–water partition coefficient (Wildman–Crippen LogP) is 3.58. The molecule has 0 aliphatic rings. The number of esters is 1. The third-order valence-corrected chi connectivity index (χ3v) is 4.18. The lowest BCUT2D eigenvalue weighted by Gasteiger charge is -2.23. The summed E-state index contributed by atoms with van der Waals surface area (Å²) in [7, 11) is 1.35. The molecule has 26 heavy (non-hydrogen) atoms. The van der Waals surface area contributed by atoms with Crippen LogP contribution in [0.1, 0.15) is 48.8 Å². The first kappa shape index (κ1) is 19.6. The highest BCUT2D eigenvalue weighted by Gasteiger charge is 2.19. The number of hydrogen-bond acceptors (Lipinski definition) is 4. The third kappa shape index (κ3) is 5.41. The summed E-state index contributed by atoms with van der Waals surface area (Å²) in [5.74, 6) is -0.466. The molecule has 0 atom stereocenters. The largest absolute Gasteiger partial charge is 0.469 e. The minimum atomic E-state index is -0.341. The van der Waals surface area contributed by atoms with Crippen molar-refractivity contribution >= 4 is 11.9 Å². The summed E-state index contributed by atoms with van der Waals surface area (Å²) in [6.07, 6.45) is 1.84. The van der Waals surface area contributed by atoms with Gasteiger partial charge in [0.15, 0.2) is 0 Å². The summed E-state index contributed by atoms with van der Waals surface area (Å²) in [5.41, 5.74) is 2.57. The fourth-order valence-corrected chi connectivity index (χ4v) is 2.56. The van der Waals surface area contributed by atoms with Crippen LogP contribution < -0.4 is 0 Å². The monoisotopic (exact) mass is 354 g/mol. The van der Waals surface area contributed by atoms with E-state index in [1.165, 1.54) is 12.7 Å². The van der Waals surface area contributed by atoms with Gasteiger partial charge in [-0.2, -0.15) is 0 Å². The SMILES string of the molecule is COC(=O)CCN(Cc1ccccn1)C(=O)c1ccc(C(C)(C)C)cc1. The Morgan fingerprint density at radius 2 is 1.77 bits per heavy atom. The van der Waals surface area contributed by atoms with Crippen LogP contribution in [0.3, 0.4) is 0 Å². The molecule has 1 heterocycles. The number of rotatable bonds is 6. The van der Waals surface area contributed by atoms with Gasteiger partial charge in [0.1, 0.15) is 0 Å². The predicted molar refractivity (Wildman–Crippen MR) is 101 cm³/mol. The normalized spacial score (nSPS) is 11.1. The highest BCUT2D eigenvalue weighted by Crippen LogP contribution is 2.22. The number of carbonyl (C=O) groups excluding carboxylic acids is 2. The van der Waals surface area contributed by atoms with Crippen LogP contribution in [0, 0.1) is 0 Å². The summed E-state index contributed by atoms with van der Waals surface area (Å²) in [6, 6.07) is 13.2. The van der Waals surface area contributed by atoms with Crippen LogP contribution in [0.15, 0.2) is 48.7 Å². The van der Waals surface area contributed by atoms with Crippen molar-refractivity contribution in [1.82, 2.24) is 9.88 Å². The van der Waals surface area contributed by atoms with Gasteiger partial charge in [0.25, 0.3) is 5.91 Å². The number of aromatic nitrogens is 1. The Bertz CT molecular complexity index is 734. The maximum atomic E-state index is 13.0. The Morgan fingerprint density at radius 1 is 1.08 bits per heavy atom.